The van der Waals surface area contributed by atoms with Crippen LogP contribution in [0.1, 0.15) is 55.8 Å². The van der Waals surface area contributed by atoms with E-state index >= 15 is 0 Å². The second-order valence-electron chi connectivity index (χ2n) is 9.20. The number of alkyl halides is 1. The highest BCUT2D eigenvalue weighted by Crippen LogP contribution is 2.31. The number of rotatable bonds is 8. The molecule has 1 saturated carbocycles. The maximum absolute atomic E-state index is 13.8. The minimum atomic E-state index is -0.771. The van der Waals surface area contributed by atoms with Gasteiger partial charge in [0, 0.05) is 12.6 Å². The molecule has 0 spiro atoms. The second kappa shape index (κ2) is 11.6. The Morgan fingerprint density at radius 2 is 1.88 bits per heavy atom. The van der Waals surface area contributed by atoms with Gasteiger partial charge in [-0.25, -0.2) is 0 Å². The summed E-state index contributed by atoms with van der Waals surface area (Å²) in [6.07, 6.45) is 3.23. The Balaban J connectivity index is 1.96. The third-order valence-corrected chi connectivity index (χ3v) is 7.14. The Labute approximate surface area is 202 Å². The SMILES string of the molecule is COc1cccc(CN(C(=O)CCl)[C@H](C(=O)N[C@@H]2CCC[C@@H](C)[C@H]2C)c2ccc(C)cc2)c1. The fraction of sp³-hybridized carbons (Fsp3) is 0.481. The molecule has 4 atom stereocenters. The van der Waals surface area contributed by atoms with Crippen LogP contribution in [0.5, 0.6) is 5.75 Å². The van der Waals surface area contributed by atoms with Crippen molar-refractivity contribution in [3.8, 4) is 5.75 Å². The Morgan fingerprint density at radius 3 is 2.55 bits per heavy atom. The van der Waals surface area contributed by atoms with Crippen molar-refractivity contribution in [2.45, 2.75) is 58.7 Å². The average Bonchev–Trinajstić information content (AvgIpc) is 2.82. The van der Waals surface area contributed by atoms with E-state index in [1.807, 2.05) is 55.5 Å². The first kappa shape index (κ1) is 25.1. The number of benzene rings is 2. The van der Waals surface area contributed by atoms with Crippen molar-refractivity contribution in [2.24, 2.45) is 11.8 Å². The molecule has 5 nitrogen and oxygen atoms in total. The number of aryl methyl sites for hydroxylation is 1. The molecule has 2 aromatic rings. The van der Waals surface area contributed by atoms with Gasteiger partial charge in [0.1, 0.15) is 17.7 Å². The van der Waals surface area contributed by atoms with Crippen LogP contribution in [-0.4, -0.2) is 35.7 Å². The lowest BCUT2D eigenvalue weighted by Gasteiger charge is -2.37. The number of hydrogen-bond acceptors (Lipinski definition) is 3. The molecule has 1 N–H and O–H groups in total. The molecular formula is C27H35ClN2O3. The fourth-order valence-electron chi connectivity index (χ4n) is 4.64. The number of ether oxygens (including phenoxy) is 1. The quantitative estimate of drug-likeness (QED) is 0.536. The van der Waals surface area contributed by atoms with Crippen molar-refractivity contribution in [1.82, 2.24) is 10.2 Å². The van der Waals surface area contributed by atoms with Crippen molar-refractivity contribution in [1.29, 1.82) is 0 Å². The Kier molecular flexibility index (Phi) is 8.79. The topological polar surface area (TPSA) is 58.6 Å². The van der Waals surface area contributed by atoms with E-state index < -0.39 is 6.04 Å². The van der Waals surface area contributed by atoms with Crippen molar-refractivity contribution in [3.05, 3.63) is 65.2 Å². The van der Waals surface area contributed by atoms with E-state index in [1.165, 1.54) is 6.42 Å². The minimum absolute atomic E-state index is 0.0963. The van der Waals surface area contributed by atoms with Crippen LogP contribution in [0.4, 0.5) is 0 Å². The number of carbonyl (C=O) groups is 2. The van der Waals surface area contributed by atoms with Gasteiger partial charge in [0.2, 0.25) is 11.8 Å². The Morgan fingerprint density at radius 1 is 1.15 bits per heavy atom. The van der Waals surface area contributed by atoms with Gasteiger partial charge in [0.15, 0.2) is 0 Å². The molecule has 1 aliphatic carbocycles. The molecule has 0 bridgehead atoms. The molecule has 1 fully saturated rings. The number of methoxy groups -OCH3 is 1. The van der Waals surface area contributed by atoms with E-state index in [2.05, 4.69) is 19.2 Å². The molecule has 0 aromatic heterocycles. The third kappa shape index (κ3) is 6.29. The third-order valence-electron chi connectivity index (χ3n) is 6.91. The van der Waals surface area contributed by atoms with Crippen LogP contribution < -0.4 is 10.1 Å². The van der Waals surface area contributed by atoms with E-state index in [9.17, 15) is 9.59 Å². The number of carbonyl (C=O) groups excluding carboxylic acids is 2. The number of nitrogens with zero attached hydrogens (tertiary/aromatic N) is 1. The molecule has 0 unspecified atom stereocenters. The molecule has 2 aromatic carbocycles. The van der Waals surface area contributed by atoms with E-state index in [-0.39, 0.29) is 30.3 Å². The first-order valence-electron chi connectivity index (χ1n) is 11.7. The molecule has 33 heavy (non-hydrogen) atoms. The van der Waals surface area contributed by atoms with E-state index in [0.29, 0.717) is 17.6 Å². The lowest BCUT2D eigenvalue weighted by Crippen LogP contribution is -2.50. The van der Waals surface area contributed by atoms with Gasteiger partial charge in [-0.1, -0.05) is 68.7 Å². The molecule has 2 amide bonds. The van der Waals surface area contributed by atoms with Gasteiger partial charge in [-0.3, -0.25) is 9.59 Å². The zero-order valence-electron chi connectivity index (χ0n) is 20.0. The number of hydrogen-bond donors (Lipinski definition) is 1. The highest BCUT2D eigenvalue weighted by atomic mass is 35.5. The predicted molar refractivity (Wildman–Crippen MR) is 132 cm³/mol. The average molecular weight is 471 g/mol. The van der Waals surface area contributed by atoms with Gasteiger partial charge < -0.3 is 15.0 Å². The van der Waals surface area contributed by atoms with Gasteiger partial charge in [-0.05, 0) is 48.4 Å². The second-order valence-corrected chi connectivity index (χ2v) is 9.47. The highest BCUT2D eigenvalue weighted by molar-refractivity contribution is 6.27. The highest BCUT2D eigenvalue weighted by Gasteiger charge is 2.35. The van der Waals surface area contributed by atoms with Gasteiger partial charge in [-0.2, -0.15) is 0 Å². The van der Waals surface area contributed by atoms with Gasteiger partial charge in [-0.15, -0.1) is 11.6 Å². The summed E-state index contributed by atoms with van der Waals surface area (Å²) in [6.45, 7) is 6.70. The Hall–Kier alpha value is -2.53. The van der Waals surface area contributed by atoms with Crippen LogP contribution in [-0.2, 0) is 16.1 Å². The van der Waals surface area contributed by atoms with Crippen molar-refractivity contribution in [2.75, 3.05) is 13.0 Å². The zero-order valence-corrected chi connectivity index (χ0v) is 20.8. The number of halogens is 1. The largest absolute Gasteiger partial charge is 0.497 e. The van der Waals surface area contributed by atoms with Crippen LogP contribution in [0.2, 0.25) is 0 Å². The van der Waals surface area contributed by atoms with Crippen LogP contribution >= 0.6 is 11.6 Å². The molecular weight excluding hydrogens is 436 g/mol. The first-order valence-corrected chi connectivity index (χ1v) is 12.2. The van der Waals surface area contributed by atoms with Crippen LogP contribution in [0, 0.1) is 18.8 Å². The Bertz CT molecular complexity index is 947. The molecule has 6 heteroatoms. The number of nitrogens with one attached hydrogen (secondary N) is 1. The fourth-order valence-corrected chi connectivity index (χ4v) is 4.79. The predicted octanol–water partition coefficient (Wildman–Crippen LogP) is 5.25. The van der Waals surface area contributed by atoms with Crippen LogP contribution in [0.25, 0.3) is 0 Å². The summed E-state index contributed by atoms with van der Waals surface area (Å²) in [6, 6.07) is 14.6. The summed E-state index contributed by atoms with van der Waals surface area (Å²) in [4.78, 5) is 28.4. The maximum atomic E-state index is 13.8. The first-order chi connectivity index (χ1) is 15.8. The lowest BCUT2D eigenvalue weighted by atomic mass is 9.78. The van der Waals surface area contributed by atoms with Crippen LogP contribution in [0.15, 0.2) is 48.5 Å². The molecule has 1 aliphatic rings. The number of amides is 2. The van der Waals surface area contributed by atoms with Crippen LogP contribution in [0.3, 0.4) is 0 Å². The summed E-state index contributed by atoms with van der Waals surface area (Å²) < 4.78 is 5.34. The standard InChI is InChI=1S/C27H35ClN2O3/c1-18-11-13-22(14-12-18)26(27(32)29-24-10-5-7-19(2)20(24)3)30(25(31)16-28)17-21-8-6-9-23(15-21)33-4/h6,8-9,11-15,19-20,24,26H,5,7,10,16-17H2,1-4H3,(H,29,32)/t19-,20-,24-,26+/m1/s1. The summed E-state index contributed by atoms with van der Waals surface area (Å²) in [5.74, 6) is 0.996. The summed E-state index contributed by atoms with van der Waals surface area (Å²) in [7, 11) is 1.61. The molecule has 0 heterocycles. The smallest absolute Gasteiger partial charge is 0.247 e. The molecule has 0 aliphatic heterocycles. The molecule has 3 rings (SSSR count). The van der Waals surface area contributed by atoms with Gasteiger partial charge in [0.25, 0.3) is 0 Å². The molecule has 0 saturated heterocycles. The monoisotopic (exact) mass is 470 g/mol. The molecule has 0 radical (unpaired) electrons. The molecule has 178 valence electrons. The van der Waals surface area contributed by atoms with E-state index in [4.69, 9.17) is 16.3 Å². The van der Waals surface area contributed by atoms with Gasteiger partial charge in [0.05, 0.1) is 7.11 Å². The zero-order chi connectivity index (χ0) is 24.0. The van der Waals surface area contributed by atoms with Crippen molar-refractivity contribution in [3.63, 3.8) is 0 Å². The summed E-state index contributed by atoms with van der Waals surface area (Å²) in [5.41, 5.74) is 2.74. The van der Waals surface area contributed by atoms with E-state index in [0.717, 1.165) is 29.5 Å². The van der Waals surface area contributed by atoms with E-state index in [1.54, 1.807) is 12.0 Å². The van der Waals surface area contributed by atoms with Crippen molar-refractivity contribution >= 4 is 23.4 Å². The summed E-state index contributed by atoms with van der Waals surface area (Å²) >= 11 is 6.02. The summed E-state index contributed by atoms with van der Waals surface area (Å²) in [5, 5.41) is 3.28. The van der Waals surface area contributed by atoms with Crippen molar-refractivity contribution < 1.29 is 14.3 Å². The lowest BCUT2D eigenvalue weighted by molar-refractivity contribution is -0.140. The normalized spacial score (nSPS) is 21.2. The maximum Gasteiger partial charge on any atom is 0.247 e. The van der Waals surface area contributed by atoms with Gasteiger partial charge >= 0.3 is 0 Å². The minimum Gasteiger partial charge on any atom is -0.497 e.